The number of carbonyl (C=O) groups is 1. The molecule has 3 N–H and O–H groups in total. The molecule has 5 nitrogen and oxygen atoms in total. The molecule has 110 valence electrons. The van der Waals surface area contributed by atoms with Crippen LogP contribution in [0.25, 0.3) is 0 Å². The summed E-state index contributed by atoms with van der Waals surface area (Å²) in [6.45, 7) is 2.82. The molecule has 0 aliphatic carbocycles. The number of carboxylic acid groups (broad SMARTS) is 1. The topological polar surface area (TPSA) is 75.8 Å². The summed E-state index contributed by atoms with van der Waals surface area (Å²) < 4.78 is 5.14. The molecule has 1 aromatic carbocycles. The van der Waals surface area contributed by atoms with Gasteiger partial charge in [-0.2, -0.15) is 0 Å². The van der Waals surface area contributed by atoms with Crippen LogP contribution in [-0.4, -0.2) is 42.2 Å². The fourth-order valence-corrected chi connectivity index (χ4v) is 2.70. The summed E-state index contributed by atoms with van der Waals surface area (Å²) in [7, 11) is 1.66. The van der Waals surface area contributed by atoms with E-state index in [1.54, 1.807) is 7.11 Å². The normalized spacial score (nSPS) is 20.8. The average Bonchev–Trinajstić information content (AvgIpc) is 2.86. The molecule has 0 bridgehead atoms. The Balaban J connectivity index is 1.82. The van der Waals surface area contributed by atoms with Crippen LogP contribution in [0.2, 0.25) is 0 Å². The van der Waals surface area contributed by atoms with E-state index in [-0.39, 0.29) is 0 Å². The summed E-state index contributed by atoms with van der Waals surface area (Å²) in [5.41, 5.74) is 6.84. The number of hydrogen-bond acceptors (Lipinski definition) is 4. The highest BCUT2D eigenvalue weighted by Crippen LogP contribution is 2.23. The van der Waals surface area contributed by atoms with Crippen molar-refractivity contribution in [2.45, 2.75) is 25.4 Å². The van der Waals surface area contributed by atoms with Gasteiger partial charge in [-0.15, -0.1) is 0 Å². The number of likely N-dealkylation sites (tertiary alicyclic amines) is 1. The molecule has 1 saturated heterocycles. The van der Waals surface area contributed by atoms with E-state index in [1.165, 1.54) is 5.56 Å². The Morgan fingerprint density at radius 1 is 1.50 bits per heavy atom. The van der Waals surface area contributed by atoms with Crippen LogP contribution in [0.1, 0.15) is 18.4 Å². The van der Waals surface area contributed by atoms with E-state index in [4.69, 9.17) is 15.6 Å². The third-order valence-electron chi connectivity index (χ3n) is 3.84. The van der Waals surface area contributed by atoms with E-state index in [1.807, 2.05) is 12.1 Å². The van der Waals surface area contributed by atoms with E-state index < -0.39 is 12.0 Å². The molecular formula is C15H22N2O3. The van der Waals surface area contributed by atoms with Gasteiger partial charge in [-0.3, -0.25) is 9.69 Å². The molecule has 1 aromatic rings. The van der Waals surface area contributed by atoms with Crippen LogP contribution in [0, 0.1) is 5.92 Å². The van der Waals surface area contributed by atoms with Gasteiger partial charge in [0, 0.05) is 13.1 Å². The first-order chi connectivity index (χ1) is 9.58. The van der Waals surface area contributed by atoms with E-state index in [0.717, 1.165) is 31.8 Å². The molecule has 20 heavy (non-hydrogen) atoms. The molecule has 1 heterocycles. The zero-order valence-corrected chi connectivity index (χ0v) is 11.8. The number of carboxylic acids is 1. The molecule has 2 unspecified atom stereocenters. The summed E-state index contributed by atoms with van der Waals surface area (Å²) in [6, 6.07) is 7.32. The average molecular weight is 278 g/mol. The highest BCUT2D eigenvalue weighted by molar-refractivity contribution is 5.73. The Labute approximate surface area is 119 Å². The van der Waals surface area contributed by atoms with Gasteiger partial charge >= 0.3 is 5.97 Å². The third kappa shape index (κ3) is 3.95. The summed E-state index contributed by atoms with van der Waals surface area (Å²) in [5.74, 6) is 0.346. The maximum atomic E-state index is 10.8. The molecule has 1 aliphatic rings. The van der Waals surface area contributed by atoms with Gasteiger partial charge in [0.05, 0.1) is 7.11 Å². The fraction of sp³-hybridized carbons (Fsp3) is 0.533. The van der Waals surface area contributed by atoms with Crippen LogP contribution in [0.4, 0.5) is 0 Å². The summed E-state index contributed by atoms with van der Waals surface area (Å²) in [5, 5.41) is 8.84. The lowest BCUT2D eigenvalue weighted by molar-refractivity contribution is -0.138. The zero-order chi connectivity index (χ0) is 14.5. The predicted molar refractivity (Wildman–Crippen MR) is 76.6 cm³/mol. The summed E-state index contributed by atoms with van der Waals surface area (Å²) >= 11 is 0. The van der Waals surface area contributed by atoms with Crippen LogP contribution in [0.5, 0.6) is 5.75 Å². The molecule has 0 amide bonds. The molecule has 0 spiro atoms. The zero-order valence-electron chi connectivity index (χ0n) is 11.8. The molecular weight excluding hydrogens is 256 g/mol. The van der Waals surface area contributed by atoms with Crippen LogP contribution in [-0.2, 0) is 11.3 Å². The van der Waals surface area contributed by atoms with E-state index in [0.29, 0.717) is 12.3 Å². The largest absolute Gasteiger partial charge is 0.497 e. The predicted octanol–water partition coefficient (Wildman–Crippen LogP) is 1.32. The first-order valence-corrected chi connectivity index (χ1v) is 6.92. The van der Waals surface area contributed by atoms with Crippen LogP contribution < -0.4 is 10.5 Å². The minimum absolute atomic E-state index is 0.388. The van der Waals surface area contributed by atoms with Gasteiger partial charge in [-0.05, 0) is 43.0 Å². The van der Waals surface area contributed by atoms with Gasteiger partial charge in [0.1, 0.15) is 11.8 Å². The monoisotopic (exact) mass is 278 g/mol. The minimum atomic E-state index is -0.904. The molecule has 0 radical (unpaired) electrons. The minimum Gasteiger partial charge on any atom is -0.497 e. The van der Waals surface area contributed by atoms with Crippen molar-refractivity contribution < 1.29 is 14.6 Å². The Kier molecular flexibility index (Phi) is 4.98. The maximum Gasteiger partial charge on any atom is 0.320 e. The van der Waals surface area contributed by atoms with Gasteiger partial charge in [0.15, 0.2) is 0 Å². The molecule has 5 heteroatoms. The van der Waals surface area contributed by atoms with Gasteiger partial charge in [0.2, 0.25) is 0 Å². The molecule has 2 rings (SSSR count). The molecule has 2 atom stereocenters. The van der Waals surface area contributed by atoms with Crippen molar-refractivity contribution in [1.82, 2.24) is 4.90 Å². The van der Waals surface area contributed by atoms with Crippen LogP contribution in [0.15, 0.2) is 24.3 Å². The van der Waals surface area contributed by atoms with Crippen molar-refractivity contribution in [3.63, 3.8) is 0 Å². The lowest BCUT2D eigenvalue weighted by Crippen LogP contribution is -2.33. The third-order valence-corrected chi connectivity index (χ3v) is 3.84. The number of nitrogens with two attached hydrogens (primary N) is 1. The van der Waals surface area contributed by atoms with E-state index in [9.17, 15) is 4.79 Å². The van der Waals surface area contributed by atoms with Crippen molar-refractivity contribution in [3.05, 3.63) is 29.8 Å². The van der Waals surface area contributed by atoms with Crippen LogP contribution in [0.3, 0.4) is 0 Å². The first kappa shape index (κ1) is 14.8. The second-order valence-corrected chi connectivity index (χ2v) is 5.42. The smallest absolute Gasteiger partial charge is 0.320 e. The van der Waals surface area contributed by atoms with E-state index >= 15 is 0 Å². The summed E-state index contributed by atoms with van der Waals surface area (Å²) in [4.78, 5) is 13.1. The quantitative estimate of drug-likeness (QED) is 0.820. The molecule has 0 aromatic heterocycles. The Morgan fingerprint density at radius 2 is 2.20 bits per heavy atom. The van der Waals surface area contributed by atoms with Gasteiger partial charge in [-0.1, -0.05) is 12.1 Å². The first-order valence-electron chi connectivity index (χ1n) is 6.92. The maximum absolute atomic E-state index is 10.8. The number of aliphatic carboxylic acids is 1. The van der Waals surface area contributed by atoms with Crippen molar-refractivity contribution >= 4 is 5.97 Å². The Hall–Kier alpha value is -1.59. The fourth-order valence-electron chi connectivity index (χ4n) is 2.70. The lowest BCUT2D eigenvalue weighted by atomic mass is 10.00. The number of nitrogens with zero attached hydrogens (tertiary/aromatic N) is 1. The molecule has 1 aliphatic heterocycles. The second-order valence-electron chi connectivity index (χ2n) is 5.42. The number of ether oxygens (including phenoxy) is 1. The van der Waals surface area contributed by atoms with Crippen molar-refractivity contribution in [1.29, 1.82) is 0 Å². The molecule has 0 saturated carbocycles. The van der Waals surface area contributed by atoms with Crippen LogP contribution >= 0.6 is 0 Å². The van der Waals surface area contributed by atoms with Gasteiger partial charge < -0.3 is 15.6 Å². The highest BCUT2D eigenvalue weighted by Gasteiger charge is 2.26. The number of methoxy groups -OCH3 is 1. The number of rotatable bonds is 6. The van der Waals surface area contributed by atoms with Crippen molar-refractivity contribution in [2.24, 2.45) is 11.7 Å². The van der Waals surface area contributed by atoms with Crippen molar-refractivity contribution in [3.8, 4) is 5.75 Å². The van der Waals surface area contributed by atoms with E-state index in [2.05, 4.69) is 17.0 Å². The number of benzene rings is 1. The SMILES string of the molecule is COc1ccc(CN2CCC(CC(N)C(=O)O)C2)cc1. The van der Waals surface area contributed by atoms with Crippen molar-refractivity contribution in [2.75, 3.05) is 20.2 Å². The van der Waals surface area contributed by atoms with Gasteiger partial charge in [0.25, 0.3) is 0 Å². The standard InChI is InChI=1S/C15H22N2O3/c1-20-13-4-2-11(3-5-13)9-17-7-6-12(10-17)8-14(16)15(18)19/h2-5,12,14H,6-10,16H2,1H3,(H,18,19). The lowest BCUT2D eigenvalue weighted by Gasteiger charge is -2.17. The molecule has 1 fully saturated rings. The van der Waals surface area contributed by atoms with Gasteiger partial charge in [-0.25, -0.2) is 0 Å². The highest BCUT2D eigenvalue weighted by atomic mass is 16.5. The number of hydrogen-bond donors (Lipinski definition) is 2. The summed E-state index contributed by atoms with van der Waals surface area (Å²) in [6.07, 6.45) is 1.59. The Bertz CT molecular complexity index is 447. The second kappa shape index (κ2) is 6.72. The Morgan fingerprint density at radius 3 is 2.80 bits per heavy atom.